The first-order valence-corrected chi connectivity index (χ1v) is 12.3. The summed E-state index contributed by atoms with van der Waals surface area (Å²) >= 11 is 0. The van der Waals surface area contributed by atoms with Gasteiger partial charge in [0.15, 0.2) is 0 Å². The number of fused-ring (bicyclic) bond motifs is 1. The average Bonchev–Trinajstić information content (AvgIpc) is 3.30. The minimum atomic E-state index is -0.364. The molecule has 4 nitrogen and oxygen atoms in total. The Morgan fingerprint density at radius 3 is 2.51 bits per heavy atom. The highest BCUT2D eigenvalue weighted by Gasteiger charge is 2.30. The maximum Gasteiger partial charge on any atom is 0.150 e. The Balaban J connectivity index is 1.40. The lowest BCUT2D eigenvalue weighted by Crippen LogP contribution is -2.35. The normalized spacial score (nSPS) is 20.9. The van der Waals surface area contributed by atoms with Crippen LogP contribution in [0.5, 0.6) is 17.2 Å². The van der Waals surface area contributed by atoms with Crippen LogP contribution in [0.3, 0.4) is 0 Å². The van der Waals surface area contributed by atoms with Gasteiger partial charge in [0.25, 0.3) is 0 Å². The molecule has 0 saturated carbocycles. The van der Waals surface area contributed by atoms with Crippen molar-refractivity contribution >= 4 is 11.1 Å². The molecule has 35 heavy (non-hydrogen) atoms. The van der Waals surface area contributed by atoms with E-state index in [0.29, 0.717) is 18.4 Å². The molecule has 3 atom stereocenters. The summed E-state index contributed by atoms with van der Waals surface area (Å²) in [5.74, 6) is 2.21. The monoisotopic (exact) mass is 473 g/mol. The number of allylic oxidation sites excluding steroid dienone is 1. The van der Waals surface area contributed by atoms with Crippen LogP contribution in [0.15, 0.2) is 66.7 Å². The molecule has 0 bridgehead atoms. The van der Waals surface area contributed by atoms with Crippen molar-refractivity contribution in [1.29, 1.82) is 0 Å². The number of nitrogens with zero attached hydrogens (tertiary/aromatic N) is 1. The molecule has 1 saturated heterocycles. The number of phenolic OH excluding ortho intramolecular Hbond substituents is 1. The van der Waals surface area contributed by atoms with Crippen LogP contribution in [0.4, 0.5) is 4.39 Å². The zero-order valence-electron chi connectivity index (χ0n) is 20.5. The first-order chi connectivity index (χ1) is 16.9. The van der Waals surface area contributed by atoms with Gasteiger partial charge in [0.05, 0.1) is 0 Å². The van der Waals surface area contributed by atoms with Gasteiger partial charge in [-0.2, -0.15) is 0 Å². The summed E-state index contributed by atoms with van der Waals surface area (Å²) in [6, 6.07) is 20.0. The second kappa shape index (κ2) is 9.74. The number of aromatic hydroxyl groups is 1. The maximum atomic E-state index is 13.7. The van der Waals surface area contributed by atoms with Gasteiger partial charge in [0, 0.05) is 23.7 Å². The number of ether oxygens (including phenoxy) is 2. The van der Waals surface area contributed by atoms with Crippen molar-refractivity contribution in [2.24, 2.45) is 5.92 Å². The highest BCUT2D eigenvalue weighted by atomic mass is 19.1. The van der Waals surface area contributed by atoms with Crippen molar-refractivity contribution in [3.8, 4) is 17.2 Å². The first-order valence-electron chi connectivity index (χ1n) is 12.3. The predicted octanol–water partition coefficient (Wildman–Crippen LogP) is 6.70. The summed E-state index contributed by atoms with van der Waals surface area (Å²) in [5, 5.41) is 10.0. The van der Waals surface area contributed by atoms with E-state index in [1.807, 2.05) is 31.2 Å². The Hall–Kier alpha value is -3.31. The van der Waals surface area contributed by atoms with Gasteiger partial charge in [-0.15, -0.1) is 0 Å². The van der Waals surface area contributed by atoms with E-state index in [0.717, 1.165) is 52.6 Å². The fourth-order valence-electron chi connectivity index (χ4n) is 5.10. The minimum absolute atomic E-state index is 0.183. The van der Waals surface area contributed by atoms with Crippen molar-refractivity contribution in [3.05, 3.63) is 89.2 Å². The fourth-order valence-corrected chi connectivity index (χ4v) is 5.10. The second-order valence-electron chi connectivity index (χ2n) is 9.84. The standard InChI is InChI=1S/C30H32FNO3/c1-19-14-15-32(17-19)20(2)18-34-26-11-6-23(7-12-26)30-29(22-4-8-24(31)9-5-22)21(3)27-16-25(33)10-13-28(27)35-30/h4-13,16,19-20,30,33H,14-15,17-18H2,1-3H3. The molecular formula is C30H32FNO3. The average molecular weight is 474 g/mol. The Labute approximate surface area is 206 Å². The van der Waals surface area contributed by atoms with E-state index < -0.39 is 0 Å². The molecule has 2 aliphatic rings. The molecule has 182 valence electrons. The summed E-state index contributed by atoms with van der Waals surface area (Å²) in [6.45, 7) is 9.48. The van der Waals surface area contributed by atoms with Crippen LogP contribution in [0.25, 0.3) is 11.1 Å². The van der Waals surface area contributed by atoms with E-state index in [-0.39, 0.29) is 17.7 Å². The van der Waals surface area contributed by atoms with Crippen LogP contribution in [0.2, 0.25) is 0 Å². The number of phenols is 1. The molecule has 2 heterocycles. The smallest absolute Gasteiger partial charge is 0.150 e. The summed E-state index contributed by atoms with van der Waals surface area (Å²) < 4.78 is 26.2. The summed E-state index contributed by atoms with van der Waals surface area (Å²) in [7, 11) is 0. The lowest BCUT2D eigenvalue weighted by molar-refractivity contribution is 0.169. The zero-order valence-corrected chi connectivity index (χ0v) is 20.5. The molecule has 1 N–H and O–H groups in total. The summed E-state index contributed by atoms with van der Waals surface area (Å²) in [6.07, 6.45) is 0.892. The molecule has 0 radical (unpaired) electrons. The van der Waals surface area contributed by atoms with Gasteiger partial charge < -0.3 is 14.6 Å². The van der Waals surface area contributed by atoms with Crippen LogP contribution in [-0.4, -0.2) is 35.7 Å². The predicted molar refractivity (Wildman–Crippen MR) is 137 cm³/mol. The van der Waals surface area contributed by atoms with Crippen molar-refractivity contribution < 1.29 is 19.0 Å². The third kappa shape index (κ3) is 4.92. The highest BCUT2D eigenvalue weighted by molar-refractivity contribution is 5.95. The third-order valence-corrected chi connectivity index (χ3v) is 7.19. The molecule has 0 spiro atoms. The van der Waals surface area contributed by atoms with Crippen LogP contribution >= 0.6 is 0 Å². The molecule has 3 aromatic carbocycles. The number of hydrogen-bond acceptors (Lipinski definition) is 4. The van der Waals surface area contributed by atoms with Gasteiger partial charge in [-0.25, -0.2) is 4.39 Å². The first kappa shape index (κ1) is 23.4. The molecule has 0 aromatic heterocycles. The maximum absolute atomic E-state index is 13.7. The third-order valence-electron chi connectivity index (χ3n) is 7.19. The van der Waals surface area contributed by atoms with Crippen LogP contribution in [-0.2, 0) is 0 Å². The summed E-state index contributed by atoms with van der Waals surface area (Å²) in [4.78, 5) is 2.49. The molecule has 0 aliphatic carbocycles. The zero-order chi connectivity index (χ0) is 24.5. The molecule has 0 amide bonds. The summed E-state index contributed by atoms with van der Waals surface area (Å²) in [5.41, 5.74) is 4.65. The van der Waals surface area contributed by atoms with E-state index in [4.69, 9.17) is 9.47 Å². The van der Waals surface area contributed by atoms with E-state index >= 15 is 0 Å². The van der Waals surface area contributed by atoms with Crippen LogP contribution in [0.1, 0.15) is 50.0 Å². The Morgan fingerprint density at radius 2 is 1.83 bits per heavy atom. The molecule has 5 heteroatoms. The van der Waals surface area contributed by atoms with E-state index in [1.165, 1.54) is 18.6 Å². The number of rotatable bonds is 6. The van der Waals surface area contributed by atoms with Gasteiger partial charge in [-0.1, -0.05) is 31.2 Å². The molecule has 1 fully saturated rings. The van der Waals surface area contributed by atoms with E-state index in [2.05, 4.69) is 18.7 Å². The van der Waals surface area contributed by atoms with Crippen molar-refractivity contribution in [1.82, 2.24) is 4.90 Å². The molecule has 5 rings (SSSR count). The Bertz CT molecular complexity index is 1220. The Kier molecular flexibility index (Phi) is 6.52. The SMILES string of the molecule is CC1=C(c2ccc(F)cc2)C(c2ccc(OCC(C)N3CCC(C)C3)cc2)Oc2ccc(O)cc21. The van der Waals surface area contributed by atoms with E-state index in [1.54, 1.807) is 30.3 Å². The number of benzene rings is 3. The molecule has 3 unspecified atom stereocenters. The lowest BCUT2D eigenvalue weighted by atomic mass is 9.86. The van der Waals surface area contributed by atoms with Gasteiger partial charge in [-0.3, -0.25) is 4.90 Å². The van der Waals surface area contributed by atoms with E-state index in [9.17, 15) is 9.50 Å². The largest absolute Gasteiger partial charge is 0.508 e. The number of likely N-dealkylation sites (tertiary alicyclic amines) is 1. The topological polar surface area (TPSA) is 41.9 Å². The minimum Gasteiger partial charge on any atom is -0.508 e. The van der Waals surface area contributed by atoms with Crippen molar-refractivity contribution in [2.75, 3.05) is 19.7 Å². The van der Waals surface area contributed by atoms with Gasteiger partial charge in [-0.05, 0) is 91.9 Å². The molecular weight excluding hydrogens is 441 g/mol. The van der Waals surface area contributed by atoms with Gasteiger partial charge in [0.1, 0.15) is 35.8 Å². The molecule has 3 aromatic rings. The number of hydrogen-bond donors (Lipinski definition) is 1. The Morgan fingerprint density at radius 1 is 1.09 bits per heavy atom. The highest BCUT2D eigenvalue weighted by Crippen LogP contribution is 2.47. The van der Waals surface area contributed by atoms with Crippen molar-refractivity contribution in [3.63, 3.8) is 0 Å². The lowest BCUT2D eigenvalue weighted by Gasteiger charge is -2.31. The number of halogens is 1. The second-order valence-corrected chi connectivity index (χ2v) is 9.84. The van der Waals surface area contributed by atoms with Crippen LogP contribution < -0.4 is 9.47 Å². The fraction of sp³-hybridized carbons (Fsp3) is 0.333. The quantitative estimate of drug-likeness (QED) is 0.432. The van der Waals surface area contributed by atoms with Crippen molar-refractivity contribution in [2.45, 2.75) is 39.3 Å². The van der Waals surface area contributed by atoms with Crippen LogP contribution in [0, 0.1) is 11.7 Å². The van der Waals surface area contributed by atoms with Gasteiger partial charge in [0.2, 0.25) is 0 Å². The molecule has 2 aliphatic heterocycles. The van der Waals surface area contributed by atoms with Gasteiger partial charge >= 0.3 is 0 Å².